The molecule has 0 saturated carbocycles. The molecule has 0 spiro atoms. The lowest BCUT2D eigenvalue weighted by Crippen LogP contribution is -2.50. The zero-order chi connectivity index (χ0) is 16.9. The van der Waals surface area contributed by atoms with Crippen LogP contribution in [0.2, 0.25) is 0 Å². The first kappa shape index (κ1) is 16.3. The summed E-state index contributed by atoms with van der Waals surface area (Å²) in [4.78, 5) is 28.3. The Balaban J connectivity index is 1.51. The number of furan rings is 1. The van der Waals surface area contributed by atoms with Crippen molar-refractivity contribution in [1.82, 2.24) is 9.80 Å². The van der Waals surface area contributed by atoms with Crippen molar-refractivity contribution < 1.29 is 14.0 Å². The number of hydrogen-bond donors (Lipinski definition) is 0. The van der Waals surface area contributed by atoms with Crippen molar-refractivity contribution in [2.75, 3.05) is 26.2 Å². The molecule has 0 unspecified atom stereocenters. The van der Waals surface area contributed by atoms with Crippen LogP contribution in [0.25, 0.3) is 0 Å². The van der Waals surface area contributed by atoms with E-state index >= 15 is 0 Å². The maximum absolute atomic E-state index is 12.5. The number of rotatable bonds is 4. The molecule has 1 atom stereocenters. The number of benzene rings is 1. The number of carbonyl (C=O) groups excluding carboxylic acids is 2. The fourth-order valence-electron chi connectivity index (χ4n) is 3.01. The van der Waals surface area contributed by atoms with Crippen LogP contribution in [0, 0.1) is 0 Å². The van der Waals surface area contributed by atoms with Gasteiger partial charge in [0.1, 0.15) is 0 Å². The smallest absolute Gasteiger partial charge is 0.289 e. The van der Waals surface area contributed by atoms with Crippen molar-refractivity contribution in [3.8, 4) is 0 Å². The van der Waals surface area contributed by atoms with Crippen molar-refractivity contribution in [2.45, 2.75) is 19.3 Å². The topological polar surface area (TPSA) is 53.8 Å². The van der Waals surface area contributed by atoms with E-state index in [4.69, 9.17) is 4.42 Å². The van der Waals surface area contributed by atoms with Crippen LogP contribution in [0.5, 0.6) is 0 Å². The van der Waals surface area contributed by atoms with E-state index in [1.54, 1.807) is 17.0 Å². The Morgan fingerprint density at radius 1 is 1.00 bits per heavy atom. The second kappa shape index (κ2) is 7.34. The Labute approximate surface area is 141 Å². The van der Waals surface area contributed by atoms with Gasteiger partial charge in [0.25, 0.3) is 5.91 Å². The summed E-state index contributed by atoms with van der Waals surface area (Å²) < 4.78 is 5.15. The highest BCUT2D eigenvalue weighted by molar-refractivity contribution is 5.91. The molecule has 0 radical (unpaired) electrons. The number of piperazine rings is 1. The summed E-state index contributed by atoms with van der Waals surface area (Å²) in [6.45, 7) is 4.32. The lowest BCUT2D eigenvalue weighted by molar-refractivity contribution is -0.133. The predicted molar refractivity (Wildman–Crippen MR) is 90.7 cm³/mol. The summed E-state index contributed by atoms with van der Waals surface area (Å²) in [6.07, 6.45) is 1.99. The minimum absolute atomic E-state index is 0.107. The van der Waals surface area contributed by atoms with E-state index in [0.29, 0.717) is 38.4 Å². The van der Waals surface area contributed by atoms with Crippen molar-refractivity contribution in [3.63, 3.8) is 0 Å². The molecule has 1 fully saturated rings. The van der Waals surface area contributed by atoms with Gasteiger partial charge >= 0.3 is 0 Å². The highest BCUT2D eigenvalue weighted by atomic mass is 16.3. The Hall–Kier alpha value is -2.56. The lowest BCUT2D eigenvalue weighted by atomic mass is 9.97. The standard InChI is InChI=1S/C19H22N2O3/c1-15(16-6-3-2-4-7-16)14-18(22)20-9-11-21(12-10-20)19(23)17-8-5-13-24-17/h2-8,13,15H,9-12,14H2,1H3/t15-/m1/s1. The molecule has 5 nitrogen and oxygen atoms in total. The maximum atomic E-state index is 12.5. The van der Waals surface area contributed by atoms with Crippen LogP contribution in [0.15, 0.2) is 53.1 Å². The monoisotopic (exact) mass is 326 g/mol. The maximum Gasteiger partial charge on any atom is 0.289 e. The minimum Gasteiger partial charge on any atom is -0.459 e. The summed E-state index contributed by atoms with van der Waals surface area (Å²) in [5.41, 5.74) is 1.18. The second-order valence-corrected chi connectivity index (χ2v) is 6.17. The molecule has 2 aromatic rings. The largest absolute Gasteiger partial charge is 0.459 e. The molecule has 0 N–H and O–H groups in total. The Morgan fingerprint density at radius 3 is 2.29 bits per heavy atom. The van der Waals surface area contributed by atoms with Gasteiger partial charge in [0.05, 0.1) is 6.26 Å². The van der Waals surface area contributed by atoms with Gasteiger partial charge in [0.15, 0.2) is 5.76 Å². The fraction of sp³-hybridized carbons (Fsp3) is 0.368. The summed E-state index contributed by atoms with van der Waals surface area (Å²) in [5, 5.41) is 0. The van der Waals surface area contributed by atoms with Gasteiger partial charge in [-0.15, -0.1) is 0 Å². The van der Waals surface area contributed by atoms with Gasteiger partial charge in [0.2, 0.25) is 5.91 Å². The molecule has 1 aromatic heterocycles. The summed E-state index contributed by atoms with van der Waals surface area (Å²) in [7, 11) is 0. The molecule has 1 aliphatic rings. The van der Waals surface area contributed by atoms with E-state index in [0.717, 1.165) is 0 Å². The number of hydrogen-bond acceptors (Lipinski definition) is 3. The quantitative estimate of drug-likeness (QED) is 0.868. The Kier molecular flexibility index (Phi) is 4.99. The molecule has 5 heteroatoms. The average molecular weight is 326 g/mol. The predicted octanol–water partition coefficient (Wildman–Crippen LogP) is 2.76. The molecule has 0 aliphatic carbocycles. The van der Waals surface area contributed by atoms with Crippen molar-refractivity contribution >= 4 is 11.8 Å². The molecule has 1 saturated heterocycles. The van der Waals surface area contributed by atoms with Crippen molar-refractivity contribution in [2.24, 2.45) is 0 Å². The van der Waals surface area contributed by atoms with Gasteiger partial charge in [-0.3, -0.25) is 9.59 Å². The van der Waals surface area contributed by atoms with Gasteiger partial charge in [-0.2, -0.15) is 0 Å². The Bertz CT molecular complexity index is 674. The van der Waals surface area contributed by atoms with Crippen LogP contribution >= 0.6 is 0 Å². The molecule has 2 amide bonds. The average Bonchev–Trinajstić information content (AvgIpc) is 3.16. The van der Waals surface area contributed by atoms with Gasteiger partial charge in [-0.1, -0.05) is 37.3 Å². The summed E-state index contributed by atoms with van der Waals surface area (Å²) >= 11 is 0. The first-order valence-electron chi connectivity index (χ1n) is 8.30. The molecular weight excluding hydrogens is 304 g/mol. The van der Waals surface area contributed by atoms with Crippen LogP contribution in [0.1, 0.15) is 35.4 Å². The zero-order valence-electron chi connectivity index (χ0n) is 13.9. The van der Waals surface area contributed by atoms with E-state index < -0.39 is 0 Å². The van der Waals surface area contributed by atoms with Gasteiger partial charge in [-0.05, 0) is 23.6 Å². The highest BCUT2D eigenvalue weighted by Crippen LogP contribution is 2.20. The molecule has 24 heavy (non-hydrogen) atoms. The normalized spacial score (nSPS) is 16.0. The number of carbonyl (C=O) groups is 2. The molecule has 1 aliphatic heterocycles. The van der Waals surface area contributed by atoms with Crippen molar-refractivity contribution in [1.29, 1.82) is 0 Å². The van der Waals surface area contributed by atoms with E-state index in [-0.39, 0.29) is 17.7 Å². The molecule has 1 aromatic carbocycles. The van der Waals surface area contributed by atoms with Crippen LogP contribution in [-0.4, -0.2) is 47.8 Å². The molecule has 2 heterocycles. The Morgan fingerprint density at radius 2 is 1.67 bits per heavy atom. The van der Waals surface area contributed by atoms with Gasteiger partial charge in [0, 0.05) is 32.6 Å². The first-order chi connectivity index (χ1) is 11.6. The van der Waals surface area contributed by atoms with Crippen LogP contribution < -0.4 is 0 Å². The first-order valence-corrected chi connectivity index (χ1v) is 8.30. The van der Waals surface area contributed by atoms with Crippen LogP contribution in [0.4, 0.5) is 0 Å². The van der Waals surface area contributed by atoms with Crippen LogP contribution in [-0.2, 0) is 4.79 Å². The van der Waals surface area contributed by atoms with Gasteiger partial charge in [-0.25, -0.2) is 0 Å². The lowest BCUT2D eigenvalue weighted by Gasteiger charge is -2.34. The highest BCUT2D eigenvalue weighted by Gasteiger charge is 2.26. The third-order valence-electron chi connectivity index (χ3n) is 4.50. The van der Waals surface area contributed by atoms with E-state index in [1.807, 2.05) is 23.1 Å². The van der Waals surface area contributed by atoms with Crippen LogP contribution in [0.3, 0.4) is 0 Å². The number of nitrogens with zero attached hydrogens (tertiary/aromatic N) is 2. The summed E-state index contributed by atoms with van der Waals surface area (Å²) in [5.74, 6) is 0.593. The van der Waals surface area contributed by atoms with Gasteiger partial charge < -0.3 is 14.2 Å². The molecule has 126 valence electrons. The zero-order valence-corrected chi connectivity index (χ0v) is 13.9. The van der Waals surface area contributed by atoms with E-state index in [9.17, 15) is 9.59 Å². The van der Waals surface area contributed by atoms with E-state index in [2.05, 4.69) is 19.1 Å². The van der Waals surface area contributed by atoms with Crippen molar-refractivity contribution in [3.05, 3.63) is 60.1 Å². The minimum atomic E-state index is -0.107. The number of amides is 2. The third-order valence-corrected chi connectivity index (χ3v) is 4.50. The van der Waals surface area contributed by atoms with E-state index in [1.165, 1.54) is 11.8 Å². The second-order valence-electron chi connectivity index (χ2n) is 6.17. The SMILES string of the molecule is C[C@H](CC(=O)N1CCN(C(=O)c2ccco2)CC1)c1ccccc1. The summed E-state index contributed by atoms with van der Waals surface area (Å²) in [6, 6.07) is 13.5. The fourth-order valence-corrected chi connectivity index (χ4v) is 3.01. The molecule has 3 rings (SSSR count). The third kappa shape index (κ3) is 3.67. The molecular formula is C19H22N2O3. The molecule has 0 bridgehead atoms.